The van der Waals surface area contributed by atoms with Gasteiger partial charge in [-0.3, -0.25) is 4.99 Å². The molecule has 0 rings (SSSR count). The molecule has 0 unspecified atom stereocenters. The Morgan fingerprint density at radius 1 is 1.62 bits per heavy atom. The van der Waals surface area contributed by atoms with E-state index in [9.17, 15) is 0 Å². The average molecular weight is 129 g/mol. The quantitative estimate of drug-likeness (QED) is 0.521. The van der Waals surface area contributed by atoms with Crippen LogP contribution >= 0.6 is 11.8 Å². The fourth-order valence-corrected chi connectivity index (χ4v) is 0.807. The predicted octanol–water partition coefficient (Wildman–Crippen LogP) is 2.30. The highest BCUT2D eigenvalue weighted by molar-refractivity contribution is 8.01. The summed E-state index contributed by atoms with van der Waals surface area (Å²) >= 11 is 1.67. The first kappa shape index (κ1) is 7.76. The van der Waals surface area contributed by atoms with Crippen LogP contribution in [0.3, 0.4) is 0 Å². The molecule has 0 radical (unpaired) electrons. The van der Waals surface area contributed by atoms with Gasteiger partial charge >= 0.3 is 0 Å². The van der Waals surface area contributed by atoms with Crippen LogP contribution < -0.4 is 0 Å². The number of rotatable bonds is 2. The maximum atomic E-state index is 4.03. The number of allylic oxidation sites excluding steroid dienone is 1. The van der Waals surface area contributed by atoms with Crippen molar-refractivity contribution < 1.29 is 0 Å². The molecule has 0 aromatic heterocycles. The third-order valence-corrected chi connectivity index (χ3v) is 1.20. The molecular formula is C6H11NS. The number of thioether (sulfide) groups is 1. The smallest absolute Gasteiger partial charge is 0.0431 e. The molecule has 0 aliphatic heterocycles. The molecule has 8 heavy (non-hydrogen) atoms. The van der Waals surface area contributed by atoms with E-state index in [0.717, 1.165) is 5.70 Å². The van der Waals surface area contributed by atoms with Gasteiger partial charge in [-0.25, -0.2) is 0 Å². The van der Waals surface area contributed by atoms with E-state index in [4.69, 9.17) is 0 Å². The molecule has 0 amide bonds. The molecule has 0 saturated heterocycles. The van der Waals surface area contributed by atoms with Crippen molar-refractivity contribution in [3.63, 3.8) is 0 Å². The summed E-state index contributed by atoms with van der Waals surface area (Å²) in [6.45, 7) is 3.90. The lowest BCUT2D eigenvalue weighted by Gasteiger charge is -1.85. The Bertz CT molecular complexity index is 105. The van der Waals surface area contributed by atoms with E-state index in [1.54, 1.807) is 18.0 Å². The van der Waals surface area contributed by atoms with Crippen molar-refractivity contribution in [2.24, 2.45) is 4.99 Å². The molecule has 0 N–H and O–H groups in total. The Labute approximate surface area is 54.9 Å². The number of hydrogen-bond acceptors (Lipinski definition) is 2. The molecule has 46 valence electrons. The van der Waals surface area contributed by atoms with Crippen molar-refractivity contribution >= 4 is 18.0 Å². The molecule has 0 fully saturated rings. The van der Waals surface area contributed by atoms with Crippen molar-refractivity contribution in [3.8, 4) is 0 Å². The molecule has 0 aliphatic rings. The summed E-state index contributed by atoms with van der Waals surface area (Å²) in [5.74, 6) is 0. The van der Waals surface area contributed by atoms with Gasteiger partial charge in [0.25, 0.3) is 0 Å². The third-order valence-electron chi connectivity index (χ3n) is 0.621. The molecular weight excluding hydrogens is 118 g/mol. The van der Waals surface area contributed by atoms with Crippen LogP contribution in [0.5, 0.6) is 0 Å². The van der Waals surface area contributed by atoms with E-state index in [-0.39, 0.29) is 0 Å². The van der Waals surface area contributed by atoms with Crippen LogP contribution in [0.2, 0.25) is 0 Å². The molecule has 0 aromatic carbocycles. The van der Waals surface area contributed by atoms with Gasteiger partial charge in [-0.05, 0) is 25.5 Å². The molecule has 0 aromatic rings. The molecule has 2 heteroatoms. The van der Waals surface area contributed by atoms with Crippen LogP contribution in [0.4, 0.5) is 0 Å². The summed E-state index contributed by atoms with van der Waals surface area (Å²) in [5, 5.41) is 2.01. The largest absolute Gasteiger partial charge is 0.266 e. The van der Waals surface area contributed by atoms with Crippen molar-refractivity contribution in [2.75, 3.05) is 6.26 Å². The van der Waals surface area contributed by atoms with E-state index in [0.29, 0.717) is 0 Å². The van der Waals surface area contributed by atoms with Gasteiger partial charge in [-0.2, -0.15) is 0 Å². The zero-order valence-electron chi connectivity index (χ0n) is 5.51. The Morgan fingerprint density at radius 2 is 2.25 bits per heavy atom. The SMILES string of the molecule is C/C=N/C(C)=C\SC. The predicted molar refractivity (Wildman–Crippen MR) is 41.4 cm³/mol. The van der Waals surface area contributed by atoms with Crippen molar-refractivity contribution in [1.29, 1.82) is 0 Å². The summed E-state index contributed by atoms with van der Waals surface area (Å²) < 4.78 is 0. The highest BCUT2D eigenvalue weighted by Crippen LogP contribution is 2.01. The summed E-state index contributed by atoms with van der Waals surface area (Å²) in [4.78, 5) is 4.03. The second kappa shape index (κ2) is 4.91. The van der Waals surface area contributed by atoms with Crippen LogP contribution in [0.1, 0.15) is 13.8 Å². The zero-order chi connectivity index (χ0) is 6.41. The van der Waals surface area contributed by atoms with Gasteiger partial charge < -0.3 is 0 Å². The molecule has 0 atom stereocenters. The fourth-order valence-electron chi connectivity index (χ4n) is 0.405. The topological polar surface area (TPSA) is 12.4 Å². The monoisotopic (exact) mass is 129 g/mol. The van der Waals surface area contributed by atoms with E-state index in [2.05, 4.69) is 4.99 Å². The first-order valence-corrected chi connectivity index (χ1v) is 3.78. The molecule has 1 nitrogen and oxygen atoms in total. The normalized spacial score (nSPS) is 13.1. The van der Waals surface area contributed by atoms with Crippen LogP contribution in [0, 0.1) is 0 Å². The Balaban J connectivity index is 3.61. The molecule has 0 saturated carbocycles. The lowest BCUT2D eigenvalue weighted by atomic mass is 10.6. The first-order chi connectivity index (χ1) is 3.81. The molecule has 0 bridgehead atoms. The molecule has 0 heterocycles. The van der Waals surface area contributed by atoms with Crippen LogP contribution in [-0.4, -0.2) is 12.5 Å². The molecule has 0 spiro atoms. The van der Waals surface area contributed by atoms with Gasteiger partial charge in [-0.15, -0.1) is 11.8 Å². The number of nitrogens with zero attached hydrogens (tertiary/aromatic N) is 1. The number of hydrogen-bond donors (Lipinski definition) is 0. The van der Waals surface area contributed by atoms with Gasteiger partial charge in [0.1, 0.15) is 0 Å². The fraction of sp³-hybridized carbons (Fsp3) is 0.500. The van der Waals surface area contributed by atoms with Crippen molar-refractivity contribution in [2.45, 2.75) is 13.8 Å². The Hall–Kier alpha value is -0.240. The second-order valence-corrected chi connectivity index (χ2v) is 2.09. The van der Waals surface area contributed by atoms with E-state index >= 15 is 0 Å². The van der Waals surface area contributed by atoms with E-state index in [1.807, 2.05) is 25.5 Å². The zero-order valence-corrected chi connectivity index (χ0v) is 6.33. The maximum absolute atomic E-state index is 4.03. The minimum atomic E-state index is 1.07. The summed E-state index contributed by atoms with van der Waals surface area (Å²) in [7, 11) is 0. The highest BCUT2D eigenvalue weighted by atomic mass is 32.2. The van der Waals surface area contributed by atoms with Gasteiger partial charge in [0.15, 0.2) is 0 Å². The van der Waals surface area contributed by atoms with Crippen LogP contribution in [0.25, 0.3) is 0 Å². The Kier molecular flexibility index (Phi) is 4.76. The van der Waals surface area contributed by atoms with Crippen molar-refractivity contribution in [1.82, 2.24) is 0 Å². The maximum Gasteiger partial charge on any atom is 0.0431 e. The Morgan fingerprint density at radius 3 is 2.62 bits per heavy atom. The van der Waals surface area contributed by atoms with Crippen LogP contribution in [0.15, 0.2) is 16.1 Å². The first-order valence-electron chi connectivity index (χ1n) is 2.49. The lowest BCUT2D eigenvalue weighted by Crippen LogP contribution is -1.65. The van der Waals surface area contributed by atoms with Gasteiger partial charge in [0.2, 0.25) is 0 Å². The standard InChI is InChI=1S/C6H11NS/c1-4-7-6(2)5-8-3/h4-5H,1-3H3/b6-5-,7-4+. The highest BCUT2D eigenvalue weighted by Gasteiger charge is 1.75. The third kappa shape index (κ3) is 3.93. The average Bonchev–Trinajstić information content (AvgIpc) is 1.68. The summed E-state index contributed by atoms with van der Waals surface area (Å²) in [5.41, 5.74) is 1.07. The van der Waals surface area contributed by atoms with Gasteiger partial charge in [0.05, 0.1) is 0 Å². The van der Waals surface area contributed by atoms with Gasteiger partial charge in [0, 0.05) is 11.9 Å². The minimum absolute atomic E-state index is 1.07. The number of aliphatic imine (C=N–C) groups is 1. The minimum Gasteiger partial charge on any atom is -0.266 e. The van der Waals surface area contributed by atoms with Gasteiger partial charge in [-0.1, -0.05) is 0 Å². The second-order valence-electron chi connectivity index (χ2n) is 1.38. The van der Waals surface area contributed by atoms with Crippen LogP contribution in [-0.2, 0) is 0 Å². The van der Waals surface area contributed by atoms with E-state index in [1.165, 1.54) is 0 Å². The van der Waals surface area contributed by atoms with Crippen molar-refractivity contribution in [3.05, 3.63) is 11.1 Å². The summed E-state index contributed by atoms with van der Waals surface area (Å²) in [6.07, 6.45) is 3.82. The molecule has 0 aliphatic carbocycles. The van der Waals surface area contributed by atoms with E-state index < -0.39 is 0 Å². The lowest BCUT2D eigenvalue weighted by molar-refractivity contribution is 1.33. The summed E-state index contributed by atoms with van der Waals surface area (Å²) in [6, 6.07) is 0.